The molecule has 0 amide bonds. The lowest BCUT2D eigenvalue weighted by Crippen LogP contribution is -1.85. The average Bonchev–Trinajstić information content (AvgIpc) is 2.43. The Balaban J connectivity index is 2.06. The van der Waals surface area contributed by atoms with Crippen molar-refractivity contribution in [1.29, 1.82) is 0 Å². The molecule has 42 valence electrons. The van der Waals surface area contributed by atoms with Crippen LogP contribution in [0.25, 0.3) is 0 Å². The molecule has 1 aliphatic rings. The van der Waals surface area contributed by atoms with Crippen LogP contribution in [0.1, 0.15) is 19.8 Å². The lowest BCUT2D eigenvalue weighted by molar-refractivity contribution is 0.268. The molecule has 1 heteroatoms. The van der Waals surface area contributed by atoms with Gasteiger partial charge in [0.05, 0.1) is 0 Å². The molecule has 0 aromatic heterocycles. The lowest BCUT2D eigenvalue weighted by Gasteiger charge is -1.85. The van der Waals surface area contributed by atoms with Crippen molar-refractivity contribution in [2.75, 3.05) is 6.61 Å². The predicted octanol–water partition coefficient (Wildman–Crippen LogP) is 1.02. The van der Waals surface area contributed by atoms with Gasteiger partial charge >= 0.3 is 0 Å². The Morgan fingerprint density at radius 1 is 1.57 bits per heavy atom. The molecule has 0 aromatic rings. The minimum Gasteiger partial charge on any atom is -0.396 e. The van der Waals surface area contributed by atoms with E-state index in [9.17, 15) is 0 Å². The van der Waals surface area contributed by atoms with Gasteiger partial charge in [-0.3, -0.25) is 0 Å². The van der Waals surface area contributed by atoms with Crippen LogP contribution in [0.15, 0.2) is 0 Å². The molecular formula is C6H12O. The Bertz CT molecular complexity index is 53.2. The van der Waals surface area contributed by atoms with E-state index in [-0.39, 0.29) is 0 Å². The fourth-order valence-corrected chi connectivity index (χ4v) is 1.03. The van der Waals surface area contributed by atoms with Crippen LogP contribution in [0.5, 0.6) is 0 Å². The second kappa shape index (κ2) is 1.83. The van der Waals surface area contributed by atoms with Crippen LogP contribution in [0.2, 0.25) is 0 Å². The van der Waals surface area contributed by atoms with E-state index < -0.39 is 0 Å². The van der Waals surface area contributed by atoms with Gasteiger partial charge in [-0.25, -0.2) is 0 Å². The maximum Gasteiger partial charge on any atom is 0.0462 e. The second-order valence-corrected chi connectivity index (χ2v) is 2.35. The minimum absolute atomic E-state index is 0.415. The van der Waals surface area contributed by atoms with Gasteiger partial charge in [0.25, 0.3) is 0 Å². The Hall–Kier alpha value is -0.0400. The molecule has 2 atom stereocenters. The van der Waals surface area contributed by atoms with Crippen molar-refractivity contribution in [1.82, 2.24) is 0 Å². The third kappa shape index (κ3) is 0.942. The largest absolute Gasteiger partial charge is 0.396 e. The molecule has 0 bridgehead atoms. The monoisotopic (exact) mass is 100 g/mol. The first-order valence-electron chi connectivity index (χ1n) is 2.99. The number of hydrogen-bond acceptors (Lipinski definition) is 1. The Morgan fingerprint density at radius 2 is 2.29 bits per heavy atom. The number of hydrogen-bond donors (Lipinski definition) is 1. The highest BCUT2D eigenvalue weighted by Gasteiger charge is 2.33. The standard InChI is InChI=1S/C6H12O/c1-2-5-3-6(5)4-7/h5-7H,2-4H2,1H3/t5-,6+/m0/s1. The third-order valence-electron chi connectivity index (χ3n) is 1.83. The van der Waals surface area contributed by atoms with E-state index in [1.807, 2.05) is 0 Å². The molecule has 7 heavy (non-hydrogen) atoms. The van der Waals surface area contributed by atoms with Crippen LogP contribution in [-0.2, 0) is 0 Å². The molecule has 1 N–H and O–H groups in total. The van der Waals surface area contributed by atoms with E-state index in [4.69, 9.17) is 5.11 Å². The van der Waals surface area contributed by atoms with Gasteiger partial charge in [-0.2, -0.15) is 0 Å². The molecule has 0 radical (unpaired) electrons. The quantitative estimate of drug-likeness (QED) is 0.549. The molecule has 0 saturated heterocycles. The second-order valence-electron chi connectivity index (χ2n) is 2.35. The van der Waals surface area contributed by atoms with Crippen molar-refractivity contribution in [3.63, 3.8) is 0 Å². The molecule has 0 aromatic carbocycles. The molecule has 1 nitrogen and oxygen atoms in total. The summed E-state index contributed by atoms with van der Waals surface area (Å²) in [6.45, 7) is 2.60. The Morgan fingerprint density at radius 3 is 2.43 bits per heavy atom. The van der Waals surface area contributed by atoms with Crippen molar-refractivity contribution >= 4 is 0 Å². The average molecular weight is 100 g/mol. The van der Waals surface area contributed by atoms with E-state index in [0.717, 1.165) is 5.92 Å². The summed E-state index contributed by atoms with van der Waals surface area (Å²) in [5.41, 5.74) is 0. The van der Waals surface area contributed by atoms with Crippen LogP contribution < -0.4 is 0 Å². The number of rotatable bonds is 2. The highest BCUT2D eigenvalue weighted by Crippen LogP contribution is 2.39. The molecule has 1 aliphatic carbocycles. The summed E-state index contributed by atoms with van der Waals surface area (Å²) in [7, 11) is 0. The molecule has 0 spiro atoms. The van der Waals surface area contributed by atoms with Gasteiger partial charge < -0.3 is 5.11 Å². The maximum atomic E-state index is 8.51. The van der Waals surface area contributed by atoms with Crippen LogP contribution >= 0.6 is 0 Å². The van der Waals surface area contributed by atoms with Crippen molar-refractivity contribution < 1.29 is 5.11 Å². The minimum atomic E-state index is 0.415. The zero-order valence-corrected chi connectivity index (χ0v) is 4.72. The first-order chi connectivity index (χ1) is 3.38. The zero-order chi connectivity index (χ0) is 5.28. The first kappa shape index (κ1) is 5.10. The highest BCUT2D eigenvalue weighted by molar-refractivity contribution is 4.83. The molecule has 1 saturated carbocycles. The summed E-state index contributed by atoms with van der Waals surface area (Å²) in [4.78, 5) is 0. The Kier molecular flexibility index (Phi) is 1.33. The van der Waals surface area contributed by atoms with Crippen molar-refractivity contribution in [3.8, 4) is 0 Å². The summed E-state index contributed by atoms with van der Waals surface area (Å²) < 4.78 is 0. The molecule has 1 fully saturated rings. The fraction of sp³-hybridized carbons (Fsp3) is 1.00. The Labute approximate surface area is 44.4 Å². The van der Waals surface area contributed by atoms with Gasteiger partial charge in [0.2, 0.25) is 0 Å². The van der Waals surface area contributed by atoms with E-state index in [1.165, 1.54) is 12.8 Å². The summed E-state index contributed by atoms with van der Waals surface area (Å²) in [6.07, 6.45) is 2.53. The number of aliphatic hydroxyl groups is 1. The van der Waals surface area contributed by atoms with Crippen molar-refractivity contribution in [2.24, 2.45) is 11.8 Å². The third-order valence-corrected chi connectivity index (χ3v) is 1.83. The van der Waals surface area contributed by atoms with E-state index in [0.29, 0.717) is 12.5 Å². The van der Waals surface area contributed by atoms with Crippen molar-refractivity contribution in [3.05, 3.63) is 0 Å². The van der Waals surface area contributed by atoms with Crippen LogP contribution in [-0.4, -0.2) is 11.7 Å². The van der Waals surface area contributed by atoms with E-state index in [2.05, 4.69) is 6.92 Å². The number of aliphatic hydroxyl groups excluding tert-OH is 1. The van der Waals surface area contributed by atoms with Crippen molar-refractivity contribution in [2.45, 2.75) is 19.8 Å². The molecule has 0 aliphatic heterocycles. The maximum absolute atomic E-state index is 8.51. The summed E-state index contributed by atoms with van der Waals surface area (Å²) in [5.74, 6) is 1.54. The molecule has 0 heterocycles. The zero-order valence-electron chi connectivity index (χ0n) is 4.72. The lowest BCUT2D eigenvalue weighted by atomic mass is 10.3. The topological polar surface area (TPSA) is 20.2 Å². The van der Waals surface area contributed by atoms with E-state index in [1.54, 1.807) is 0 Å². The fourth-order valence-electron chi connectivity index (χ4n) is 1.03. The van der Waals surface area contributed by atoms with Crippen LogP contribution in [0, 0.1) is 11.8 Å². The van der Waals surface area contributed by atoms with Gasteiger partial charge in [0.15, 0.2) is 0 Å². The molecular weight excluding hydrogens is 88.1 g/mol. The summed E-state index contributed by atoms with van der Waals surface area (Å²) in [5, 5.41) is 8.51. The van der Waals surface area contributed by atoms with Crippen LogP contribution in [0.3, 0.4) is 0 Å². The smallest absolute Gasteiger partial charge is 0.0462 e. The summed E-state index contributed by atoms with van der Waals surface area (Å²) >= 11 is 0. The van der Waals surface area contributed by atoms with Crippen LogP contribution in [0.4, 0.5) is 0 Å². The van der Waals surface area contributed by atoms with Gasteiger partial charge in [0, 0.05) is 6.61 Å². The van der Waals surface area contributed by atoms with Gasteiger partial charge in [-0.15, -0.1) is 0 Å². The normalized spacial score (nSPS) is 38.6. The predicted molar refractivity (Wildman–Crippen MR) is 29.0 cm³/mol. The van der Waals surface area contributed by atoms with Gasteiger partial charge in [-0.05, 0) is 18.3 Å². The van der Waals surface area contributed by atoms with E-state index >= 15 is 0 Å². The molecule has 0 unspecified atom stereocenters. The summed E-state index contributed by atoms with van der Waals surface area (Å²) in [6, 6.07) is 0. The first-order valence-corrected chi connectivity index (χ1v) is 2.99. The SMILES string of the molecule is CC[C@H]1C[C@@H]1CO. The van der Waals surface area contributed by atoms with Gasteiger partial charge in [-0.1, -0.05) is 13.3 Å². The molecule has 1 rings (SSSR count). The van der Waals surface area contributed by atoms with Gasteiger partial charge in [0.1, 0.15) is 0 Å². The highest BCUT2D eigenvalue weighted by atomic mass is 16.3.